The van der Waals surface area contributed by atoms with Gasteiger partial charge in [-0.3, -0.25) is 9.59 Å². The van der Waals surface area contributed by atoms with Crippen molar-refractivity contribution in [2.45, 2.75) is 32.1 Å². The van der Waals surface area contributed by atoms with Gasteiger partial charge in [-0.25, -0.2) is 4.98 Å². The molecule has 2 aliphatic heterocycles. The largest absolute Gasteiger partial charge is 0.354 e. The SMILES string of the molecule is Cc1ccc(C(=O)N2CCC(c3ccc(C#N)cc3)CC2)cc1C(=O)Cc1ccc(N2CCN(C)CC2)nc1. The topological polar surface area (TPSA) is 80.5 Å². The van der Waals surface area contributed by atoms with E-state index in [4.69, 9.17) is 5.26 Å². The molecule has 3 heterocycles. The lowest BCUT2D eigenvalue weighted by molar-refractivity contribution is 0.0713. The van der Waals surface area contributed by atoms with Gasteiger partial charge in [0.15, 0.2) is 5.78 Å². The molecular formula is C32H35N5O2. The summed E-state index contributed by atoms with van der Waals surface area (Å²) in [5.74, 6) is 1.30. The number of piperazine rings is 1. The third-order valence-corrected chi connectivity index (χ3v) is 8.08. The summed E-state index contributed by atoms with van der Waals surface area (Å²) >= 11 is 0. The van der Waals surface area contributed by atoms with Crippen LogP contribution in [-0.2, 0) is 6.42 Å². The molecule has 0 aliphatic carbocycles. The molecule has 2 aliphatic rings. The monoisotopic (exact) mass is 521 g/mol. The number of aryl methyl sites for hydroxylation is 1. The van der Waals surface area contributed by atoms with Gasteiger partial charge in [-0.2, -0.15) is 5.26 Å². The van der Waals surface area contributed by atoms with Gasteiger partial charge < -0.3 is 14.7 Å². The average molecular weight is 522 g/mol. The molecule has 1 amide bonds. The number of carbonyl (C=O) groups is 2. The maximum atomic E-state index is 13.3. The number of pyridine rings is 1. The number of nitrogens with zero attached hydrogens (tertiary/aromatic N) is 5. The molecule has 0 bridgehead atoms. The molecule has 5 rings (SSSR count). The Morgan fingerprint density at radius 2 is 1.67 bits per heavy atom. The summed E-state index contributed by atoms with van der Waals surface area (Å²) in [7, 11) is 2.13. The normalized spacial score (nSPS) is 16.6. The van der Waals surface area contributed by atoms with Crippen molar-refractivity contribution in [3.05, 3.63) is 94.2 Å². The first-order chi connectivity index (χ1) is 18.9. The zero-order valence-electron chi connectivity index (χ0n) is 22.8. The number of nitriles is 1. The fourth-order valence-corrected chi connectivity index (χ4v) is 5.51. The van der Waals surface area contributed by atoms with E-state index in [2.05, 4.69) is 27.9 Å². The number of carbonyl (C=O) groups excluding carboxylic acids is 2. The van der Waals surface area contributed by atoms with Gasteiger partial charge in [0.25, 0.3) is 5.91 Å². The van der Waals surface area contributed by atoms with Gasteiger partial charge in [0, 0.05) is 63.0 Å². The molecule has 0 atom stereocenters. The minimum Gasteiger partial charge on any atom is -0.354 e. The fourth-order valence-electron chi connectivity index (χ4n) is 5.51. The Hall–Kier alpha value is -4.02. The first kappa shape index (κ1) is 26.6. The van der Waals surface area contributed by atoms with Crippen molar-refractivity contribution in [1.29, 1.82) is 5.26 Å². The number of aromatic nitrogens is 1. The van der Waals surface area contributed by atoms with Crippen LogP contribution in [0.1, 0.15) is 61.7 Å². The predicted octanol–water partition coefficient (Wildman–Crippen LogP) is 4.46. The van der Waals surface area contributed by atoms with E-state index in [1.54, 1.807) is 12.3 Å². The smallest absolute Gasteiger partial charge is 0.253 e. The van der Waals surface area contributed by atoms with E-state index in [1.165, 1.54) is 5.56 Å². The van der Waals surface area contributed by atoms with Crippen molar-refractivity contribution in [1.82, 2.24) is 14.8 Å². The standard InChI is InChI=1S/C32H35N5O2/c1-23-3-7-28(32(39)37-13-11-27(12-14-37)26-8-4-24(21-33)5-9-26)20-29(23)30(38)19-25-6-10-31(34-22-25)36-17-15-35(2)16-18-36/h3-10,20,22,27H,11-19H2,1-2H3. The first-order valence-corrected chi connectivity index (χ1v) is 13.7. The van der Waals surface area contributed by atoms with Crippen molar-refractivity contribution >= 4 is 17.5 Å². The highest BCUT2D eigenvalue weighted by molar-refractivity contribution is 6.02. The Kier molecular flexibility index (Phi) is 8.04. The summed E-state index contributed by atoms with van der Waals surface area (Å²) < 4.78 is 0. The lowest BCUT2D eigenvalue weighted by atomic mass is 9.88. The van der Waals surface area contributed by atoms with Crippen LogP contribution in [0.2, 0.25) is 0 Å². The highest BCUT2D eigenvalue weighted by Gasteiger charge is 2.25. The number of hydrogen-bond donors (Lipinski definition) is 0. The van der Waals surface area contributed by atoms with Crippen LogP contribution >= 0.6 is 0 Å². The Balaban J connectivity index is 1.20. The molecule has 0 radical (unpaired) electrons. The number of likely N-dealkylation sites (N-methyl/N-ethyl adjacent to an activating group) is 1. The zero-order chi connectivity index (χ0) is 27.4. The van der Waals surface area contributed by atoms with Crippen LogP contribution in [0, 0.1) is 18.3 Å². The number of amides is 1. The number of benzene rings is 2. The summed E-state index contributed by atoms with van der Waals surface area (Å²) in [5, 5.41) is 9.03. The van der Waals surface area contributed by atoms with Crippen molar-refractivity contribution in [3.8, 4) is 6.07 Å². The second-order valence-electron chi connectivity index (χ2n) is 10.7. The molecule has 3 aromatic rings. The van der Waals surface area contributed by atoms with E-state index in [9.17, 15) is 9.59 Å². The summed E-state index contributed by atoms with van der Waals surface area (Å²) in [4.78, 5) is 37.7. The number of ketones is 1. The minimum atomic E-state index is -0.0273. The number of hydrogen-bond acceptors (Lipinski definition) is 6. The lowest BCUT2D eigenvalue weighted by Gasteiger charge is -2.33. The van der Waals surface area contributed by atoms with Gasteiger partial charge in [0.05, 0.1) is 11.6 Å². The lowest BCUT2D eigenvalue weighted by Crippen LogP contribution is -2.44. The molecule has 0 N–H and O–H groups in total. The molecule has 7 heteroatoms. The van der Waals surface area contributed by atoms with Gasteiger partial charge in [-0.15, -0.1) is 0 Å². The van der Waals surface area contributed by atoms with Crippen molar-refractivity contribution < 1.29 is 9.59 Å². The predicted molar refractivity (Wildman–Crippen MR) is 152 cm³/mol. The Morgan fingerprint density at radius 3 is 2.31 bits per heavy atom. The molecule has 2 saturated heterocycles. The number of likely N-dealkylation sites (tertiary alicyclic amines) is 1. The van der Waals surface area contributed by atoms with E-state index in [-0.39, 0.29) is 18.1 Å². The van der Waals surface area contributed by atoms with Crippen LogP contribution in [-0.4, -0.2) is 72.8 Å². The van der Waals surface area contributed by atoms with Crippen LogP contribution in [0.5, 0.6) is 0 Å². The van der Waals surface area contributed by atoms with Gasteiger partial charge in [-0.05, 0) is 79.8 Å². The summed E-state index contributed by atoms with van der Waals surface area (Å²) in [5.41, 5.74) is 4.78. The van der Waals surface area contributed by atoms with Crippen molar-refractivity contribution in [2.75, 3.05) is 51.2 Å². The molecule has 39 heavy (non-hydrogen) atoms. The number of rotatable bonds is 6. The summed E-state index contributed by atoms with van der Waals surface area (Å²) in [6.07, 6.45) is 3.82. The molecular weight excluding hydrogens is 486 g/mol. The van der Waals surface area contributed by atoms with Crippen molar-refractivity contribution in [2.24, 2.45) is 0 Å². The molecule has 0 spiro atoms. The maximum absolute atomic E-state index is 13.3. The maximum Gasteiger partial charge on any atom is 0.253 e. The molecule has 2 fully saturated rings. The Bertz CT molecular complexity index is 1360. The number of anilines is 1. The molecule has 7 nitrogen and oxygen atoms in total. The van der Waals surface area contributed by atoms with E-state index < -0.39 is 0 Å². The quantitative estimate of drug-likeness (QED) is 0.446. The van der Waals surface area contributed by atoms with E-state index in [1.807, 2.05) is 60.4 Å². The van der Waals surface area contributed by atoms with Crippen LogP contribution in [0.15, 0.2) is 60.8 Å². The molecule has 2 aromatic carbocycles. The Labute approximate surface area is 230 Å². The van der Waals surface area contributed by atoms with Gasteiger partial charge >= 0.3 is 0 Å². The highest BCUT2D eigenvalue weighted by Crippen LogP contribution is 2.29. The highest BCUT2D eigenvalue weighted by atomic mass is 16.2. The Morgan fingerprint density at radius 1 is 0.949 bits per heavy atom. The second-order valence-corrected chi connectivity index (χ2v) is 10.7. The zero-order valence-corrected chi connectivity index (χ0v) is 22.8. The van der Waals surface area contributed by atoms with Gasteiger partial charge in [0.2, 0.25) is 0 Å². The molecule has 0 unspecified atom stereocenters. The van der Waals surface area contributed by atoms with Crippen LogP contribution < -0.4 is 4.90 Å². The first-order valence-electron chi connectivity index (χ1n) is 13.7. The minimum absolute atomic E-state index is 0.00387. The van der Waals surface area contributed by atoms with E-state index in [0.717, 1.165) is 56.0 Å². The van der Waals surface area contributed by atoms with Gasteiger partial charge in [-0.1, -0.05) is 24.3 Å². The van der Waals surface area contributed by atoms with Crippen LogP contribution in [0.4, 0.5) is 5.82 Å². The summed E-state index contributed by atoms with van der Waals surface area (Å²) in [6.45, 7) is 7.21. The van der Waals surface area contributed by atoms with Crippen LogP contribution in [0.25, 0.3) is 0 Å². The average Bonchev–Trinajstić information content (AvgIpc) is 2.98. The molecule has 1 aromatic heterocycles. The van der Waals surface area contributed by atoms with Gasteiger partial charge in [0.1, 0.15) is 5.82 Å². The van der Waals surface area contributed by atoms with E-state index >= 15 is 0 Å². The molecule has 200 valence electrons. The number of piperidine rings is 1. The second kappa shape index (κ2) is 11.8. The third-order valence-electron chi connectivity index (χ3n) is 8.08. The third kappa shape index (κ3) is 6.18. The summed E-state index contributed by atoms with van der Waals surface area (Å²) in [6, 6.07) is 19.4. The molecule has 0 saturated carbocycles. The fraction of sp³-hybridized carbons (Fsp3) is 0.375. The van der Waals surface area contributed by atoms with E-state index in [0.29, 0.717) is 35.7 Å². The number of Topliss-reactive ketones (excluding diaryl/α,β-unsaturated/α-hetero) is 1. The van der Waals surface area contributed by atoms with Crippen LogP contribution in [0.3, 0.4) is 0 Å². The van der Waals surface area contributed by atoms with Crippen molar-refractivity contribution in [3.63, 3.8) is 0 Å².